The molecule has 0 aromatic rings. The van der Waals surface area contributed by atoms with Crippen LogP contribution in [0.1, 0.15) is 303 Å². The molecule has 6 heteroatoms. The van der Waals surface area contributed by atoms with Gasteiger partial charge < -0.3 is 14.2 Å². The minimum Gasteiger partial charge on any atom is -0.462 e. The standard InChI is InChI=1S/C67H116O6/c1-4-7-10-13-16-19-22-25-28-30-31-32-33-34-35-36-37-38-40-42-45-48-51-54-57-60-66(69)72-63-64(62-71-65(68)59-56-53-50-47-44-41-27-24-21-18-15-12-9-6-3)73-67(70)61-58-55-52-49-46-43-39-29-26-23-20-17-14-11-8-5-2/h15,18,20,22-25,27,29-31,33-34,39,64H,4-14,16-17,19,21,26,28,32,35-38,40-63H2,1-3H3/b18-15-,23-20-,25-22-,27-24-,31-30-,34-33-,39-29-. The van der Waals surface area contributed by atoms with Crippen LogP contribution in [-0.2, 0) is 28.6 Å². The topological polar surface area (TPSA) is 78.9 Å². The number of hydrogen-bond donors (Lipinski definition) is 0. The zero-order valence-corrected chi connectivity index (χ0v) is 48.1. The SMILES string of the molecule is CCCC/C=C\C/C=C\CCCCCCCC(=O)OCC(COC(=O)CCCCCCCCCCCC/C=C\C/C=C\C/C=C\CCCCCCC)OC(=O)CCCCCCC/C=C\C/C=C\CCCCCC. The second-order valence-electron chi connectivity index (χ2n) is 20.6. The highest BCUT2D eigenvalue weighted by Crippen LogP contribution is 2.15. The van der Waals surface area contributed by atoms with E-state index in [-0.39, 0.29) is 31.1 Å². The van der Waals surface area contributed by atoms with Crippen LogP contribution in [0.4, 0.5) is 0 Å². The molecule has 0 bridgehead atoms. The minimum atomic E-state index is -0.793. The Morgan fingerprint density at radius 2 is 0.507 bits per heavy atom. The molecule has 0 aromatic carbocycles. The van der Waals surface area contributed by atoms with E-state index in [0.717, 1.165) is 122 Å². The molecular weight excluding hydrogens is 901 g/mol. The second-order valence-corrected chi connectivity index (χ2v) is 20.6. The zero-order valence-electron chi connectivity index (χ0n) is 48.1. The van der Waals surface area contributed by atoms with Gasteiger partial charge in [0.1, 0.15) is 13.2 Å². The van der Waals surface area contributed by atoms with Gasteiger partial charge in [-0.2, -0.15) is 0 Å². The molecule has 0 heterocycles. The first-order valence-corrected chi connectivity index (χ1v) is 31.1. The maximum Gasteiger partial charge on any atom is 0.306 e. The van der Waals surface area contributed by atoms with Gasteiger partial charge in [0.25, 0.3) is 0 Å². The number of carbonyl (C=O) groups excluding carboxylic acids is 3. The van der Waals surface area contributed by atoms with Crippen molar-refractivity contribution in [1.82, 2.24) is 0 Å². The van der Waals surface area contributed by atoms with Crippen molar-refractivity contribution in [3.8, 4) is 0 Å². The maximum absolute atomic E-state index is 12.9. The molecule has 0 saturated heterocycles. The molecule has 0 N–H and O–H groups in total. The summed E-state index contributed by atoms with van der Waals surface area (Å²) in [7, 11) is 0. The summed E-state index contributed by atoms with van der Waals surface area (Å²) in [5.41, 5.74) is 0. The van der Waals surface area contributed by atoms with Crippen molar-refractivity contribution < 1.29 is 28.6 Å². The van der Waals surface area contributed by atoms with Crippen molar-refractivity contribution in [2.75, 3.05) is 13.2 Å². The van der Waals surface area contributed by atoms with E-state index in [2.05, 4.69) is 106 Å². The Morgan fingerprint density at radius 1 is 0.274 bits per heavy atom. The molecule has 0 aliphatic rings. The smallest absolute Gasteiger partial charge is 0.306 e. The van der Waals surface area contributed by atoms with Crippen LogP contribution in [0.3, 0.4) is 0 Å². The normalized spacial score (nSPS) is 12.6. The van der Waals surface area contributed by atoms with Gasteiger partial charge in [0, 0.05) is 19.3 Å². The number of unbranched alkanes of at least 4 members (excludes halogenated alkanes) is 31. The molecule has 6 nitrogen and oxygen atoms in total. The van der Waals surface area contributed by atoms with Crippen LogP contribution in [0.5, 0.6) is 0 Å². The van der Waals surface area contributed by atoms with E-state index in [4.69, 9.17) is 14.2 Å². The van der Waals surface area contributed by atoms with Gasteiger partial charge in [-0.3, -0.25) is 14.4 Å². The van der Waals surface area contributed by atoms with Gasteiger partial charge in [0.2, 0.25) is 0 Å². The fraction of sp³-hybridized carbons (Fsp3) is 0.746. The summed E-state index contributed by atoms with van der Waals surface area (Å²) < 4.78 is 16.9. The molecule has 0 amide bonds. The molecule has 0 aromatic heterocycles. The third kappa shape index (κ3) is 59.3. The molecule has 0 aliphatic carbocycles. The molecule has 0 rings (SSSR count). The molecule has 420 valence electrons. The number of ether oxygens (including phenoxy) is 3. The zero-order chi connectivity index (χ0) is 52.9. The molecule has 73 heavy (non-hydrogen) atoms. The number of carbonyl (C=O) groups is 3. The van der Waals surface area contributed by atoms with E-state index >= 15 is 0 Å². The Balaban J connectivity index is 4.35. The molecule has 0 radical (unpaired) electrons. The van der Waals surface area contributed by atoms with Crippen LogP contribution in [0.15, 0.2) is 85.1 Å². The lowest BCUT2D eigenvalue weighted by atomic mass is 10.1. The van der Waals surface area contributed by atoms with Crippen LogP contribution in [-0.4, -0.2) is 37.2 Å². The van der Waals surface area contributed by atoms with Crippen molar-refractivity contribution in [3.05, 3.63) is 85.1 Å². The molecule has 0 fully saturated rings. The Labute approximate surface area is 452 Å². The van der Waals surface area contributed by atoms with Crippen molar-refractivity contribution in [1.29, 1.82) is 0 Å². The lowest BCUT2D eigenvalue weighted by molar-refractivity contribution is -0.167. The summed E-state index contributed by atoms with van der Waals surface area (Å²) in [6.45, 7) is 6.56. The Hall–Kier alpha value is -3.41. The van der Waals surface area contributed by atoms with Gasteiger partial charge >= 0.3 is 17.9 Å². The molecule has 1 unspecified atom stereocenters. The molecular formula is C67H116O6. The third-order valence-electron chi connectivity index (χ3n) is 13.3. The highest BCUT2D eigenvalue weighted by molar-refractivity contribution is 5.71. The lowest BCUT2D eigenvalue weighted by Gasteiger charge is -2.18. The highest BCUT2D eigenvalue weighted by atomic mass is 16.6. The van der Waals surface area contributed by atoms with E-state index in [1.54, 1.807) is 0 Å². The van der Waals surface area contributed by atoms with Crippen LogP contribution in [0.2, 0.25) is 0 Å². The van der Waals surface area contributed by atoms with Crippen LogP contribution in [0.25, 0.3) is 0 Å². The van der Waals surface area contributed by atoms with Gasteiger partial charge in [0.05, 0.1) is 0 Å². The fourth-order valence-electron chi connectivity index (χ4n) is 8.61. The second kappa shape index (κ2) is 61.1. The maximum atomic E-state index is 12.9. The van der Waals surface area contributed by atoms with Crippen LogP contribution in [0, 0.1) is 0 Å². The number of hydrogen-bond acceptors (Lipinski definition) is 6. The molecule has 1 atom stereocenters. The number of rotatable bonds is 56. The summed E-state index contributed by atoms with van der Waals surface area (Å²) >= 11 is 0. The highest BCUT2D eigenvalue weighted by Gasteiger charge is 2.19. The van der Waals surface area contributed by atoms with E-state index in [1.165, 1.54) is 141 Å². The van der Waals surface area contributed by atoms with Crippen molar-refractivity contribution in [2.24, 2.45) is 0 Å². The number of esters is 3. The summed E-state index contributed by atoms with van der Waals surface area (Å²) in [5, 5.41) is 0. The number of allylic oxidation sites excluding steroid dienone is 14. The molecule has 0 aliphatic heterocycles. The van der Waals surface area contributed by atoms with Gasteiger partial charge in [-0.25, -0.2) is 0 Å². The van der Waals surface area contributed by atoms with E-state index < -0.39 is 6.10 Å². The Morgan fingerprint density at radius 3 is 0.822 bits per heavy atom. The fourth-order valence-corrected chi connectivity index (χ4v) is 8.61. The summed E-state index contributed by atoms with van der Waals surface area (Å²) in [5.74, 6) is -0.912. The average Bonchev–Trinajstić information content (AvgIpc) is 3.39. The Kier molecular flexibility index (Phi) is 58.3. The summed E-state index contributed by atoms with van der Waals surface area (Å²) in [6.07, 6.45) is 80.1. The average molecular weight is 1020 g/mol. The quantitative estimate of drug-likeness (QED) is 0.0261. The third-order valence-corrected chi connectivity index (χ3v) is 13.3. The predicted octanol–water partition coefficient (Wildman–Crippen LogP) is 21.1. The Bertz CT molecular complexity index is 1400. The van der Waals surface area contributed by atoms with Crippen molar-refractivity contribution in [3.63, 3.8) is 0 Å². The monoisotopic (exact) mass is 1020 g/mol. The largest absolute Gasteiger partial charge is 0.462 e. The van der Waals surface area contributed by atoms with Gasteiger partial charge in [-0.15, -0.1) is 0 Å². The summed E-state index contributed by atoms with van der Waals surface area (Å²) in [6, 6.07) is 0. The molecule has 0 spiro atoms. The van der Waals surface area contributed by atoms with Crippen LogP contribution >= 0.6 is 0 Å². The predicted molar refractivity (Wildman–Crippen MR) is 316 cm³/mol. The van der Waals surface area contributed by atoms with Crippen LogP contribution < -0.4 is 0 Å². The summed E-state index contributed by atoms with van der Waals surface area (Å²) in [4.78, 5) is 38.2. The first kappa shape index (κ1) is 69.6. The first-order valence-electron chi connectivity index (χ1n) is 31.1. The van der Waals surface area contributed by atoms with Gasteiger partial charge in [-0.05, 0) is 116 Å². The van der Waals surface area contributed by atoms with Crippen molar-refractivity contribution in [2.45, 2.75) is 309 Å². The minimum absolute atomic E-state index is 0.0885. The van der Waals surface area contributed by atoms with Gasteiger partial charge in [0.15, 0.2) is 6.10 Å². The van der Waals surface area contributed by atoms with Crippen molar-refractivity contribution >= 4 is 17.9 Å². The van der Waals surface area contributed by atoms with Gasteiger partial charge in [-0.1, -0.05) is 254 Å². The first-order chi connectivity index (χ1) is 36.0. The van der Waals surface area contributed by atoms with E-state index in [0.29, 0.717) is 19.3 Å². The van der Waals surface area contributed by atoms with E-state index in [9.17, 15) is 14.4 Å². The van der Waals surface area contributed by atoms with E-state index in [1.807, 2.05) is 0 Å². The molecule has 0 saturated carbocycles. The lowest BCUT2D eigenvalue weighted by Crippen LogP contribution is -2.30.